The molecular formula is C17H31N3S. The summed E-state index contributed by atoms with van der Waals surface area (Å²) < 4.78 is 0. The molecule has 21 heavy (non-hydrogen) atoms. The summed E-state index contributed by atoms with van der Waals surface area (Å²) >= 11 is 1.88. The Labute approximate surface area is 134 Å². The van der Waals surface area contributed by atoms with Crippen LogP contribution in [0.5, 0.6) is 0 Å². The zero-order valence-electron chi connectivity index (χ0n) is 14.3. The molecule has 0 radical (unpaired) electrons. The summed E-state index contributed by atoms with van der Waals surface area (Å²) in [5.74, 6) is 0.700. The molecule has 2 heterocycles. The van der Waals surface area contributed by atoms with Crippen molar-refractivity contribution in [2.45, 2.75) is 60.4 Å². The van der Waals surface area contributed by atoms with Crippen LogP contribution in [0.15, 0.2) is 0 Å². The lowest BCUT2D eigenvalue weighted by atomic mass is 9.85. The highest BCUT2D eigenvalue weighted by Gasteiger charge is 2.24. The van der Waals surface area contributed by atoms with E-state index in [1.807, 2.05) is 11.3 Å². The van der Waals surface area contributed by atoms with Crippen molar-refractivity contribution >= 4 is 16.5 Å². The second kappa shape index (κ2) is 7.10. The van der Waals surface area contributed by atoms with Crippen molar-refractivity contribution in [3.8, 4) is 0 Å². The number of rotatable bonds is 5. The van der Waals surface area contributed by atoms with Gasteiger partial charge in [0.25, 0.3) is 0 Å². The van der Waals surface area contributed by atoms with Crippen LogP contribution in [0.2, 0.25) is 0 Å². The van der Waals surface area contributed by atoms with Crippen LogP contribution in [-0.4, -0.2) is 24.6 Å². The van der Waals surface area contributed by atoms with Crippen molar-refractivity contribution in [2.75, 3.05) is 24.5 Å². The lowest BCUT2D eigenvalue weighted by molar-refractivity contribution is 0.325. The van der Waals surface area contributed by atoms with E-state index in [2.05, 4.69) is 44.8 Å². The summed E-state index contributed by atoms with van der Waals surface area (Å²) in [5.41, 5.74) is 1.69. The highest BCUT2D eigenvalue weighted by atomic mass is 32.1. The Bertz CT molecular complexity index is 451. The Morgan fingerprint density at radius 2 is 2.05 bits per heavy atom. The van der Waals surface area contributed by atoms with Gasteiger partial charge < -0.3 is 10.2 Å². The van der Waals surface area contributed by atoms with E-state index in [1.54, 1.807) is 0 Å². The van der Waals surface area contributed by atoms with E-state index in [0.29, 0.717) is 11.3 Å². The van der Waals surface area contributed by atoms with Crippen molar-refractivity contribution in [1.82, 2.24) is 10.3 Å². The Hall–Kier alpha value is -0.610. The van der Waals surface area contributed by atoms with Gasteiger partial charge in [-0.2, -0.15) is 0 Å². The van der Waals surface area contributed by atoms with Crippen LogP contribution >= 0.6 is 11.3 Å². The molecule has 1 saturated heterocycles. The Morgan fingerprint density at radius 1 is 1.29 bits per heavy atom. The SMILES string of the molecule is Cc1nc(N2CCCC(C)(C)CC2)sc1CNCC(C)C. The lowest BCUT2D eigenvalue weighted by Crippen LogP contribution is -2.24. The molecule has 1 aliphatic heterocycles. The van der Waals surface area contributed by atoms with Crippen LogP contribution < -0.4 is 10.2 Å². The standard InChI is InChI=1S/C17H31N3S/c1-13(2)11-18-12-15-14(3)19-16(21-15)20-9-6-7-17(4,5)8-10-20/h13,18H,6-12H2,1-5H3. The van der Waals surface area contributed by atoms with E-state index >= 15 is 0 Å². The second-order valence-corrected chi connectivity index (χ2v) is 8.60. The van der Waals surface area contributed by atoms with Crippen LogP contribution in [0, 0.1) is 18.3 Å². The van der Waals surface area contributed by atoms with E-state index in [4.69, 9.17) is 4.98 Å². The fourth-order valence-electron chi connectivity index (χ4n) is 2.80. The summed E-state index contributed by atoms with van der Waals surface area (Å²) in [6, 6.07) is 0. The number of hydrogen-bond acceptors (Lipinski definition) is 4. The minimum atomic E-state index is 0.489. The van der Waals surface area contributed by atoms with Gasteiger partial charge in [-0.25, -0.2) is 4.98 Å². The van der Waals surface area contributed by atoms with Crippen molar-refractivity contribution in [3.05, 3.63) is 10.6 Å². The Kier molecular flexibility index (Phi) is 5.67. The third kappa shape index (κ3) is 4.96. The van der Waals surface area contributed by atoms with Gasteiger partial charge in [-0.05, 0) is 44.1 Å². The van der Waals surface area contributed by atoms with Crippen molar-refractivity contribution in [2.24, 2.45) is 11.3 Å². The minimum Gasteiger partial charge on any atom is -0.348 e. The first-order valence-corrected chi connectivity index (χ1v) is 9.11. The number of nitrogens with zero attached hydrogens (tertiary/aromatic N) is 2. The molecule has 1 fully saturated rings. The van der Waals surface area contributed by atoms with Gasteiger partial charge >= 0.3 is 0 Å². The average Bonchev–Trinajstić information content (AvgIpc) is 2.64. The minimum absolute atomic E-state index is 0.489. The van der Waals surface area contributed by atoms with Crippen LogP contribution in [-0.2, 0) is 6.54 Å². The zero-order chi connectivity index (χ0) is 15.5. The predicted molar refractivity (Wildman–Crippen MR) is 93.2 cm³/mol. The smallest absolute Gasteiger partial charge is 0.185 e. The van der Waals surface area contributed by atoms with Crippen LogP contribution in [0.25, 0.3) is 0 Å². The van der Waals surface area contributed by atoms with Crippen LogP contribution in [0.4, 0.5) is 5.13 Å². The number of aryl methyl sites for hydroxylation is 1. The molecule has 1 aliphatic rings. The van der Waals surface area contributed by atoms with Crippen molar-refractivity contribution in [1.29, 1.82) is 0 Å². The molecule has 1 aromatic rings. The molecule has 120 valence electrons. The maximum Gasteiger partial charge on any atom is 0.185 e. The lowest BCUT2D eigenvalue weighted by Gasteiger charge is -2.22. The molecule has 0 amide bonds. The molecule has 2 rings (SSSR count). The van der Waals surface area contributed by atoms with Gasteiger partial charge in [0.05, 0.1) is 5.69 Å². The van der Waals surface area contributed by atoms with Gasteiger partial charge in [-0.15, -0.1) is 11.3 Å². The van der Waals surface area contributed by atoms with Gasteiger partial charge in [0, 0.05) is 24.5 Å². The summed E-state index contributed by atoms with van der Waals surface area (Å²) in [4.78, 5) is 8.72. The Balaban J connectivity index is 1.97. The highest BCUT2D eigenvalue weighted by Crippen LogP contribution is 2.33. The van der Waals surface area contributed by atoms with Gasteiger partial charge in [-0.1, -0.05) is 27.7 Å². The van der Waals surface area contributed by atoms with Crippen molar-refractivity contribution < 1.29 is 0 Å². The molecule has 0 aliphatic carbocycles. The fourth-order valence-corrected chi connectivity index (χ4v) is 3.88. The fraction of sp³-hybridized carbons (Fsp3) is 0.824. The normalized spacial score (nSPS) is 19.0. The second-order valence-electron chi connectivity index (χ2n) is 7.53. The molecule has 1 aromatic heterocycles. The molecule has 0 bridgehead atoms. The molecule has 4 heteroatoms. The topological polar surface area (TPSA) is 28.2 Å². The summed E-state index contributed by atoms with van der Waals surface area (Å²) in [6.07, 6.45) is 3.88. The molecule has 0 aromatic carbocycles. The molecule has 0 unspecified atom stereocenters. The van der Waals surface area contributed by atoms with E-state index in [0.717, 1.165) is 26.2 Å². The molecule has 0 saturated carbocycles. The van der Waals surface area contributed by atoms with E-state index < -0.39 is 0 Å². The van der Waals surface area contributed by atoms with E-state index in [9.17, 15) is 0 Å². The summed E-state index contributed by atoms with van der Waals surface area (Å²) in [7, 11) is 0. The third-order valence-electron chi connectivity index (χ3n) is 4.33. The number of aromatic nitrogens is 1. The monoisotopic (exact) mass is 309 g/mol. The quantitative estimate of drug-likeness (QED) is 0.883. The third-order valence-corrected chi connectivity index (χ3v) is 5.55. The highest BCUT2D eigenvalue weighted by molar-refractivity contribution is 7.15. The number of hydrogen-bond donors (Lipinski definition) is 1. The molecule has 1 N–H and O–H groups in total. The number of anilines is 1. The van der Waals surface area contributed by atoms with Gasteiger partial charge in [0.2, 0.25) is 0 Å². The first-order chi connectivity index (χ1) is 9.87. The van der Waals surface area contributed by atoms with Crippen LogP contribution in [0.3, 0.4) is 0 Å². The maximum atomic E-state index is 4.83. The average molecular weight is 310 g/mol. The van der Waals surface area contributed by atoms with Crippen LogP contribution in [0.1, 0.15) is 57.5 Å². The first kappa shape index (κ1) is 16.8. The summed E-state index contributed by atoms with van der Waals surface area (Å²) in [6.45, 7) is 15.8. The Morgan fingerprint density at radius 3 is 2.76 bits per heavy atom. The van der Waals surface area contributed by atoms with E-state index in [-0.39, 0.29) is 0 Å². The molecule has 0 spiro atoms. The first-order valence-electron chi connectivity index (χ1n) is 8.29. The van der Waals surface area contributed by atoms with Crippen molar-refractivity contribution in [3.63, 3.8) is 0 Å². The largest absolute Gasteiger partial charge is 0.348 e. The molecule has 0 atom stereocenters. The van der Waals surface area contributed by atoms with E-state index in [1.165, 1.54) is 35.0 Å². The predicted octanol–water partition coefficient (Wildman–Crippen LogP) is 4.21. The van der Waals surface area contributed by atoms with Gasteiger partial charge in [0.15, 0.2) is 5.13 Å². The molecule has 3 nitrogen and oxygen atoms in total. The maximum absolute atomic E-state index is 4.83. The zero-order valence-corrected chi connectivity index (χ0v) is 15.1. The summed E-state index contributed by atoms with van der Waals surface area (Å²) in [5, 5.41) is 4.76. The number of nitrogens with one attached hydrogen (secondary N) is 1. The molecular weight excluding hydrogens is 278 g/mol. The van der Waals surface area contributed by atoms with Gasteiger partial charge in [-0.3, -0.25) is 0 Å². The number of thiazole rings is 1. The van der Waals surface area contributed by atoms with Gasteiger partial charge in [0.1, 0.15) is 0 Å².